The molecule has 28 heavy (non-hydrogen) atoms. The van der Waals surface area contributed by atoms with Crippen molar-refractivity contribution in [2.24, 2.45) is 11.7 Å². The molecule has 1 amide bonds. The van der Waals surface area contributed by atoms with Crippen molar-refractivity contribution in [3.63, 3.8) is 0 Å². The van der Waals surface area contributed by atoms with E-state index in [1.807, 2.05) is 30.3 Å². The number of nitrogens with two attached hydrogens (primary N) is 1. The van der Waals surface area contributed by atoms with Gasteiger partial charge in [-0.1, -0.05) is 72.6 Å². The van der Waals surface area contributed by atoms with Crippen LogP contribution in [0.3, 0.4) is 0 Å². The Balaban J connectivity index is 0.000000292. The molecule has 2 N–H and O–H groups in total. The molecule has 1 saturated carbocycles. The molecule has 0 radical (unpaired) electrons. The third-order valence-corrected chi connectivity index (χ3v) is 4.78. The molecule has 2 aromatic carbocycles. The lowest BCUT2D eigenvalue weighted by Crippen LogP contribution is -2.34. The van der Waals surface area contributed by atoms with E-state index in [-0.39, 0.29) is 6.10 Å². The Kier molecular flexibility index (Phi) is 9.02. The minimum atomic E-state index is -0.707. The van der Waals surface area contributed by atoms with Crippen LogP contribution in [0.15, 0.2) is 54.6 Å². The first-order chi connectivity index (χ1) is 13.5. The second-order valence-corrected chi connectivity index (χ2v) is 7.70. The predicted octanol–water partition coefficient (Wildman–Crippen LogP) is 5.25. The SMILES string of the molecule is CCCN(CC1CC1)C[C@@H](OC(N)=O)c1ccccc1.Cc1cccc(C)c1. The average molecular weight is 383 g/mol. The van der Waals surface area contributed by atoms with E-state index in [4.69, 9.17) is 10.5 Å². The maximum absolute atomic E-state index is 11.1. The van der Waals surface area contributed by atoms with Crippen LogP contribution in [-0.4, -0.2) is 30.6 Å². The third-order valence-electron chi connectivity index (χ3n) is 4.78. The Labute approximate surface area is 169 Å². The molecule has 0 aliphatic heterocycles. The molecule has 0 unspecified atom stereocenters. The van der Waals surface area contributed by atoms with Crippen molar-refractivity contribution in [3.05, 3.63) is 71.3 Å². The summed E-state index contributed by atoms with van der Waals surface area (Å²) in [6.07, 6.45) is 2.77. The van der Waals surface area contributed by atoms with E-state index in [1.165, 1.54) is 24.0 Å². The van der Waals surface area contributed by atoms with Gasteiger partial charge in [0.15, 0.2) is 0 Å². The Morgan fingerprint density at radius 1 is 1.11 bits per heavy atom. The summed E-state index contributed by atoms with van der Waals surface area (Å²) in [6, 6.07) is 18.3. The van der Waals surface area contributed by atoms with E-state index in [9.17, 15) is 4.79 Å². The molecule has 0 heterocycles. The van der Waals surface area contributed by atoms with Crippen molar-refractivity contribution in [1.82, 2.24) is 4.90 Å². The van der Waals surface area contributed by atoms with Crippen LogP contribution in [0.2, 0.25) is 0 Å². The van der Waals surface area contributed by atoms with Crippen molar-refractivity contribution in [2.75, 3.05) is 19.6 Å². The van der Waals surface area contributed by atoms with E-state index in [1.54, 1.807) is 0 Å². The van der Waals surface area contributed by atoms with Gasteiger partial charge >= 0.3 is 6.09 Å². The number of ether oxygens (including phenoxy) is 1. The van der Waals surface area contributed by atoms with Gasteiger partial charge in [0.1, 0.15) is 6.10 Å². The zero-order chi connectivity index (χ0) is 20.4. The minimum absolute atomic E-state index is 0.279. The molecule has 152 valence electrons. The molecule has 3 rings (SSSR count). The summed E-state index contributed by atoms with van der Waals surface area (Å²) < 4.78 is 5.31. The minimum Gasteiger partial charge on any atom is -0.440 e. The Bertz CT molecular complexity index is 696. The van der Waals surface area contributed by atoms with E-state index >= 15 is 0 Å². The summed E-state index contributed by atoms with van der Waals surface area (Å²) in [4.78, 5) is 13.5. The monoisotopic (exact) mass is 382 g/mol. The van der Waals surface area contributed by atoms with E-state index in [2.05, 4.69) is 49.9 Å². The normalized spacial score (nSPS) is 14.1. The van der Waals surface area contributed by atoms with Crippen LogP contribution >= 0.6 is 0 Å². The number of rotatable bonds is 8. The molecule has 1 fully saturated rings. The summed E-state index contributed by atoms with van der Waals surface area (Å²) in [5.41, 5.74) is 8.89. The highest BCUT2D eigenvalue weighted by Gasteiger charge is 2.26. The number of primary amides is 1. The highest BCUT2D eigenvalue weighted by molar-refractivity contribution is 5.65. The Morgan fingerprint density at radius 3 is 2.21 bits per heavy atom. The Morgan fingerprint density at radius 2 is 1.75 bits per heavy atom. The van der Waals surface area contributed by atoms with Crippen molar-refractivity contribution in [1.29, 1.82) is 0 Å². The molecule has 2 aromatic rings. The fraction of sp³-hybridized carbons (Fsp3) is 0.458. The molecule has 1 aliphatic rings. The van der Waals surface area contributed by atoms with E-state index < -0.39 is 6.09 Å². The molecule has 0 bridgehead atoms. The van der Waals surface area contributed by atoms with E-state index in [0.29, 0.717) is 0 Å². The Hall–Kier alpha value is -2.33. The summed E-state index contributed by atoms with van der Waals surface area (Å²) >= 11 is 0. The van der Waals surface area contributed by atoms with Gasteiger partial charge in [-0.25, -0.2) is 4.79 Å². The quantitative estimate of drug-likeness (QED) is 0.678. The lowest BCUT2D eigenvalue weighted by atomic mass is 10.1. The first-order valence-corrected chi connectivity index (χ1v) is 10.2. The lowest BCUT2D eigenvalue weighted by molar-refractivity contribution is 0.0745. The van der Waals surface area contributed by atoms with Crippen molar-refractivity contribution in [2.45, 2.75) is 46.1 Å². The number of hydrogen-bond acceptors (Lipinski definition) is 3. The van der Waals surface area contributed by atoms with Gasteiger partial charge in [-0.3, -0.25) is 4.90 Å². The highest BCUT2D eigenvalue weighted by atomic mass is 16.6. The number of nitrogens with zero attached hydrogens (tertiary/aromatic N) is 1. The lowest BCUT2D eigenvalue weighted by Gasteiger charge is -2.27. The fourth-order valence-electron chi connectivity index (χ4n) is 3.30. The van der Waals surface area contributed by atoms with Gasteiger partial charge in [-0.15, -0.1) is 0 Å². The molecule has 4 nitrogen and oxygen atoms in total. The molecular weight excluding hydrogens is 348 g/mol. The van der Waals surface area contributed by atoms with Gasteiger partial charge in [0, 0.05) is 13.1 Å². The number of benzene rings is 2. The van der Waals surface area contributed by atoms with Crippen LogP contribution in [0, 0.1) is 19.8 Å². The predicted molar refractivity (Wildman–Crippen MR) is 115 cm³/mol. The summed E-state index contributed by atoms with van der Waals surface area (Å²) in [6.45, 7) is 9.23. The molecule has 4 heteroatoms. The topological polar surface area (TPSA) is 55.6 Å². The van der Waals surface area contributed by atoms with Gasteiger partial charge in [0.25, 0.3) is 0 Å². The highest BCUT2D eigenvalue weighted by Crippen LogP contribution is 2.30. The zero-order valence-corrected chi connectivity index (χ0v) is 17.4. The summed E-state index contributed by atoms with van der Waals surface area (Å²) in [5, 5.41) is 0. The molecule has 0 saturated heterocycles. The summed E-state index contributed by atoms with van der Waals surface area (Å²) in [7, 11) is 0. The second kappa shape index (κ2) is 11.5. The van der Waals surface area contributed by atoms with Gasteiger partial charge < -0.3 is 10.5 Å². The van der Waals surface area contributed by atoms with Crippen LogP contribution in [0.4, 0.5) is 4.79 Å². The van der Waals surface area contributed by atoms with Gasteiger partial charge in [-0.05, 0) is 51.1 Å². The van der Waals surface area contributed by atoms with Crippen LogP contribution in [0.25, 0.3) is 0 Å². The van der Waals surface area contributed by atoms with Crippen molar-refractivity contribution >= 4 is 6.09 Å². The standard InChI is InChI=1S/C16H24N2O2.C8H10/c1-2-10-18(11-13-8-9-13)12-15(20-16(17)19)14-6-4-3-5-7-14;1-7-4-3-5-8(2)6-7/h3-7,13,15H,2,8-12H2,1H3,(H2,17,19);3-6H,1-2H3/t15-;/m1./s1. The molecule has 1 aliphatic carbocycles. The van der Waals surface area contributed by atoms with Crippen LogP contribution in [0.1, 0.15) is 49.0 Å². The largest absolute Gasteiger partial charge is 0.440 e. The fourth-order valence-corrected chi connectivity index (χ4v) is 3.30. The van der Waals surface area contributed by atoms with Crippen LogP contribution < -0.4 is 5.73 Å². The van der Waals surface area contributed by atoms with Gasteiger partial charge in [-0.2, -0.15) is 0 Å². The number of amides is 1. The van der Waals surface area contributed by atoms with Gasteiger partial charge in [0.2, 0.25) is 0 Å². The summed E-state index contributed by atoms with van der Waals surface area (Å²) in [5.74, 6) is 0.826. The number of carbonyl (C=O) groups excluding carboxylic acids is 1. The van der Waals surface area contributed by atoms with Gasteiger partial charge in [0.05, 0.1) is 0 Å². The first-order valence-electron chi connectivity index (χ1n) is 10.2. The average Bonchev–Trinajstić information content (AvgIpc) is 3.46. The number of aryl methyl sites for hydroxylation is 2. The van der Waals surface area contributed by atoms with E-state index in [0.717, 1.165) is 37.5 Å². The molecule has 0 aromatic heterocycles. The van der Waals surface area contributed by atoms with Crippen molar-refractivity contribution in [3.8, 4) is 0 Å². The van der Waals surface area contributed by atoms with Crippen LogP contribution in [-0.2, 0) is 4.74 Å². The zero-order valence-electron chi connectivity index (χ0n) is 17.4. The molecule has 0 spiro atoms. The smallest absolute Gasteiger partial charge is 0.405 e. The second-order valence-electron chi connectivity index (χ2n) is 7.70. The third kappa shape index (κ3) is 8.57. The maximum Gasteiger partial charge on any atom is 0.405 e. The first kappa shape index (κ1) is 22.0. The number of carbonyl (C=O) groups is 1. The van der Waals surface area contributed by atoms with Crippen LogP contribution in [0.5, 0.6) is 0 Å². The molecule has 1 atom stereocenters. The molecular formula is C24H34N2O2. The van der Waals surface area contributed by atoms with Crippen molar-refractivity contribution < 1.29 is 9.53 Å². The number of hydrogen-bond donors (Lipinski definition) is 1. The maximum atomic E-state index is 11.1.